The fourth-order valence-corrected chi connectivity index (χ4v) is 2.63. The minimum Gasteiger partial charge on any atom is -0.351 e. The maximum Gasteiger partial charge on any atom is 0.274 e. The number of benzene rings is 1. The molecule has 1 aromatic carbocycles. The van der Waals surface area contributed by atoms with Crippen LogP contribution in [0.4, 0.5) is 0 Å². The predicted molar refractivity (Wildman–Crippen MR) is 96.8 cm³/mol. The van der Waals surface area contributed by atoms with Gasteiger partial charge in [-0.05, 0) is 36.8 Å². The molecule has 0 saturated carbocycles. The van der Waals surface area contributed by atoms with Crippen molar-refractivity contribution >= 4 is 17.5 Å². The van der Waals surface area contributed by atoms with E-state index in [4.69, 9.17) is 11.6 Å². The Morgan fingerprint density at radius 3 is 2.88 bits per heavy atom. The molecule has 25 heavy (non-hydrogen) atoms. The van der Waals surface area contributed by atoms with Crippen molar-refractivity contribution in [3.63, 3.8) is 0 Å². The van der Waals surface area contributed by atoms with Crippen molar-refractivity contribution in [2.75, 3.05) is 6.54 Å². The standard InChI is InChI=1S/C18H18ClN5O/c1-2-3-10-21-18(25)16-17(13-6-5-9-20-12-13)24(23-22-16)15-8-4-7-14(19)11-15/h4-9,11-12H,2-3,10H2,1H3,(H,21,25). The van der Waals surface area contributed by atoms with Crippen LogP contribution in [0.1, 0.15) is 30.3 Å². The van der Waals surface area contributed by atoms with Crippen LogP contribution in [0.2, 0.25) is 5.02 Å². The summed E-state index contributed by atoms with van der Waals surface area (Å²) < 4.78 is 1.61. The van der Waals surface area contributed by atoms with Gasteiger partial charge in [0, 0.05) is 29.5 Å². The number of hydrogen-bond donors (Lipinski definition) is 1. The van der Waals surface area contributed by atoms with Gasteiger partial charge in [-0.1, -0.05) is 36.2 Å². The average molecular weight is 356 g/mol. The maximum absolute atomic E-state index is 12.6. The van der Waals surface area contributed by atoms with Gasteiger partial charge in [-0.3, -0.25) is 9.78 Å². The van der Waals surface area contributed by atoms with Crippen molar-refractivity contribution in [2.24, 2.45) is 0 Å². The lowest BCUT2D eigenvalue weighted by Crippen LogP contribution is -2.25. The zero-order valence-corrected chi connectivity index (χ0v) is 14.6. The zero-order chi connectivity index (χ0) is 17.6. The first-order valence-corrected chi connectivity index (χ1v) is 8.48. The first-order chi connectivity index (χ1) is 12.2. The molecule has 0 bridgehead atoms. The smallest absolute Gasteiger partial charge is 0.274 e. The molecular formula is C18H18ClN5O. The molecule has 0 aliphatic carbocycles. The van der Waals surface area contributed by atoms with E-state index in [0.717, 1.165) is 24.1 Å². The number of carbonyl (C=O) groups excluding carboxylic acids is 1. The van der Waals surface area contributed by atoms with Crippen LogP contribution < -0.4 is 5.32 Å². The molecule has 6 nitrogen and oxygen atoms in total. The molecule has 2 aromatic heterocycles. The van der Waals surface area contributed by atoms with Crippen molar-refractivity contribution in [3.05, 3.63) is 59.5 Å². The molecule has 0 aliphatic heterocycles. The Kier molecular flexibility index (Phi) is 5.40. The number of hydrogen-bond acceptors (Lipinski definition) is 4. The predicted octanol–water partition coefficient (Wildman–Crippen LogP) is 3.51. The molecule has 7 heteroatoms. The summed E-state index contributed by atoms with van der Waals surface area (Å²) in [4.78, 5) is 16.7. The number of halogens is 1. The molecular weight excluding hydrogens is 338 g/mol. The van der Waals surface area contributed by atoms with Crippen LogP contribution in [0.5, 0.6) is 0 Å². The number of unbranched alkanes of at least 4 members (excludes halogenated alkanes) is 1. The Morgan fingerprint density at radius 2 is 2.16 bits per heavy atom. The van der Waals surface area contributed by atoms with Gasteiger partial charge in [0.25, 0.3) is 5.91 Å². The van der Waals surface area contributed by atoms with Gasteiger partial charge in [0.2, 0.25) is 0 Å². The lowest BCUT2D eigenvalue weighted by atomic mass is 10.1. The van der Waals surface area contributed by atoms with Gasteiger partial charge in [-0.25, -0.2) is 4.68 Å². The molecule has 3 rings (SSSR count). The molecule has 0 aliphatic rings. The summed E-state index contributed by atoms with van der Waals surface area (Å²) in [5.74, 6) is -0.249. The summed E-state index contributed by atoms with van der Waals surface area (Å²) in [6.07, 6.45) is 5.28. The maximum atomic E-state index is 12.6. The van der Waals surface area contributed by atoms with E-state index in [1.54, 1.807) is 29.2 Å². The Morgan fingerprint density at radius 1 is 1.28 bits per heavy atom. The highest BCUT2D eigenvalue weighted by Gasteiger charge is 2.22. The quantitative estimate of drug-likeness (QED) is 0.687. The Balaban J connectivity index is 2.06. The van der Waals surface area contributed by atoms with Crippen molar-refractivity contribution in [1.82, 2.24) is 25.3 Å². The molecule has 0 spiro atoms. The summed E-state index contributed by atoms with van der Waals surface area (Å²) in [5, 5.41) is 11.7. The molecule has 0 unspecified atom stereocenters. The van der Waals surface area contributed by atoms with Gasteiger partial charge in [0.1, 0.15) is 5.69 Å². The Labute approximate surface area is 150 Å². The number of pyridine rings is 1. The summed E-state index contributed by atoms with van der Waals surface area (Å²) >= 11 is 6.09. The summed E-state index contributed by atoms with van der Waals surface area (Å²) in [7, 11) is 0. The molecule has 3 aromatic rings. The third kappa shape index (κ3) is 3.85. The SMILES string of the molecule is CCCCNC(=O)c1nnn(-c2cccc(Cl)c2)c1-c1cccnc1. The second kappa shape index (κ2) is 7.90. The summed E-state index contributed by atoms with van der Waals surface area (Å²) in [6.45, 7) is 2.68. The van der Waals surface area contributed by atoms with E-state index < -0.39 is 0 Å². The molecule has 0 radical (unpaired) electrons. The first-order valence-electron chi connectivity index (χ1n) is 8.11. The van der Waals surface area contributed by atoms with Crippen molar-refractivity contribution in [2.45, 2.75) is 19.8 Å². The number of nitrogens with one attached hydrogen (secondary N) is 1. The summed E-state index contributed by atoms with van der Waals surface area (Å²) in [5.41, 5.74) is 2.34. The second-order valence-electron chi connectivity index (χ2n) is 5.53. The summed E-state index contributed by atoms with van der Waals surface area (Å²) in [6, 6.07) is 10.9. The van der Waals surface area contributed by atoms with Gasteiger partial charge in [0.15, 0.2) is 5.69 Å². The third-order valence-electron chi connectivity index (χ3n) is 3.69. The molecule has 0 fully saturated rings. The molecule has 128 valence electrons. The van der Waals surface area contributed by atoms with Crippen LogP contribution in [0, 0.1) is 0 Å². The normalized spacial score (nSPS) is 10.6. The fraction of sp³-hybridized carbons (Fsp3) is 0.222. The van der Waals surface area contributed by atoms with E-state index in [-0.39, 0.29) is 11.6 Å². The van der Waals surface area contributed by atoms with Gasteiger partial charge < -0.3 is 5.32 Å². The lowest BCUT2D eigenvalue weighted by Gasteiger charge is -2.09. The molecule has 0 saturated heterocycles. The number of nitrogens with zero attached hydrogens (tertiary/aromatic N) is 4. The fourth-order valence-electron chi connectivity index (χ4n) is 2.45. The van der Waals surface area contributed by atoms with Crippen LogP contribution >= 0.6 is 11.6 Å². The van der Waals surface area contributed by atoms with Crippen LogP contribution in [0.15, 0.2) is 48.8 Å². The van der Waals surface area contributed by atoms with Gasteiger partial charge >= 0.3 is 0 Å². The third-order valence-corrected chi connectivity index (χ3v) is 3.92. The largest absolute Gasteiger partial charge is 0.351 e. The highest BCUT2D eigenvalue weighted by molar-refractivity contribution is 6.30. The minimum atomic E-state index is -0.249. The molecule has 0 atom stereocenters. The zero-order valence-electron chi connectivity index (χ0n) is 13.8. The van der Waals surface area contributed by atoms with Crippen molar-refractivity contribution in [3.8, 4) is 16.9 Å². The van der Waals surface area contributed by atoms with Gasteiger partial charge in [-0.15, -0.1) is 5.10 Å². The Bertz CT molecular complexity index is 863. The van der Waals surface area contributed by atoms with E-state index in [0.29, 0.717) is 17.3 Å². The van der Waals surface area contributed by atoms with E-state index in [1.807, 2.05) is 24.3 Å². The van der Waals surface area contributed by atoms with Crippen LogP contribution in [0.25, 0.3) is 16.9 Å². The number of aromatic nitrogens is 4. The minimum absolute atomic E-state index is 0.249. The van der Waals surface area contributed by atoms with E-state index >= 15 is 0 Å². The molecule has 1 amide bonds. The second-order valence-corrected chi connectivity index (χ2v) is 5.97. The lowest BCUT2D eigenvalue weighted by molar-refractivity contribution is 0.0949. The monoisotopic (exact) mass is 355 g/mol. The van der Waals surface area contributed by atoms with Gasteiger partial charge in [0.05, 0.1) is 5.69 Å². The van der Waals surface area contributed by atoms with E-state index in [1.165, 1.54) is 0 Å². The van der Waals surface area contributed by atoms with Crippen molar-refractivity contribution < 1.29 is 4.79 Å². The van der Waals surface area contributed by atoms with Crippen LogP contribution in [-0.2, 0) is 0 Å². The first kappa shape index (κ1) is 17.1. The Hall–Kier alpha value is -2.73. The average Bonchev–Trinajstić information content (AvgIpc) is 3.08. The van der Waals surface area contributed by atoms with Crippen LogP contribution in [0.3, 0.4) is 0 Å². The number of carbonyl (C=O) groups is 1. The van der Waals surface area contributed by atoms with Crippen LogP contribution in [-0.4, -0.2) is 32.4 Å². The van der Waals surface area contributed by atoms with Crippen molar-refractivity contribution in [1.29, 1.82) is 0 Å². The number of amides is 1. The molecule has 1 N–H and O–H groups in total. The highest BCUT2D eigenvalue weighted by atomic mass is 35.5. The molecule has 2 heterocycles. The number of rotatable bonds is 6. The van der Waals surface area contributed by atoms with Gasteiger partial charge in [-0.2, -0.15) is 0 Å². The van der Waals surface area contributed by atoms with E-state index in [2.05, 4.69) is 27.5 Å². The van der Waals surface area contributed by atoms with E-state index in [9.17, 15) is 4.79 Å². The highest BCUT2D eigenvalue weighted by Crippen LogP contribution is 2.25. The topological polar surface area (TPSA) is 72.7 Å².